The number of carbonyl (C=O) groups is 2. The Labute approximate surface area is 127 Å². The average molecular weight is 311 g/mol. The van der Waals surface area contributed by atoms with Gasteiger partial charge in [-0.2, -0.15) is 5.26 Å². The molecule has 0 spiro atoms. The molecule has 0 saturated heterocycles. The number of hydrogen-bond acceptors (Lipinski definition) is 5. The molecular weight excluding hydrogens is 296 g/mol. The molecule has 0 aliphatic carbocycles. The fraction of sp³-hybridized carbons (Fsp3) is 0.357. The monoisotopic (exact) mass is 310 g/mol. The number of esters is 1. The number of benzene rings is 1. The van der Waals surface area contributed by atoms with Gasteiger partial charge in [-0.3, -0.25) is 4.79 Å². The summed E-state index contributed by atoms with van der Waals surface area (Å²) in [5.74, 6) is -1.56. The summed E-state index contributed by atoms with van der Waals surface area (Å²) in [4.78, 5) is 25.1. The fourth-order valence-electron chi connectivity index (χ4n) is 1.59. The number of rotatable bonds is 5. The minimum absolute atomic E-state index is 0.0706. The highest BCUT2D eigenvalue weighted by Crippen LogP contribution is 2.23. The molecule has 1 N–H and O–H groups in total. The molecule has 0 fully saturated rings. The lowest BCUT2D eigenvalue weighted by molar-refractivity contribution is -0.138. The summed E-state index contributed by atoms with van der Waals surface area (Å²) < 4.78 is 5.00. The zero-order chi connectivity index (χ0) is 16.0. The van der Waals surface area contributed by atoms with Crippen LogP contribution in [0.15, 0.2) is 18.2 Å². The van der Waals surface area contributed by atoms with Gasteiger partial charge < -0.3 is 14.7 Å². The minimum Gasteiger partial charge on any atom is -0.507 e. The van der Waals surface area contributed by atoms with Crippen LogP contribution in [0, 0.1) is 11.3 Å². The Morgan fingerprint density at radius 3 is 2.76 bits per heavy atom. The van der Waals surface area contributed by atoms with Crippen LogP contribution in [0.3, 0.4) is 0 Å². The lowest BCUT2D eigenvalue weighted by Gasteiger charge is -2.20. The van der Waals surface area contributed by atoms with E-state index in [-0.39, 0.29) is 29.3 Å². The van der Waals surface area contributed by atoms with Crippen molar-refractivity contribution in [2.24, 2.45) is 0 Å². The van der Waals surface area contributed by atoms with Crippen LogP contribution in [0.1, 0.15) is 23.7 Å². The Bertz CT molecular complexity index is 583. The number of halogens is 1. The van der Waals surface area contributed by atoms with Crippen LogP contribution in [0.2, 0.25) is 5.02 Å². The van der Waals surface area contributed by atoms with E-state index in [9.17, 15) is 14.7 Å². The molecule has 0 aliphatic heterocycles. The van der Waals surface area contributed by atoms with Crippen LogP contribution in [-0.4, -0.2) is 41.6 Å². The van der Waals surface area contributed by atoms with Gasteiger partial charge in [0.25, 0.3) is 5.91 Å². The lowest BCUT2D eigenvalue weighted by atomic mass is 10.2. The SMILES string of the molecule is C[C@@H](OC(=O)c1ccc(Cl)cc1O)C(=O)N(C)CCC#N. The molecule has 7 heteroatoms. The number of hydrogen-bond donors (Lipinski definition) is 1. The maximum absolute atomic E-state index is 11.9. The Hall–Kier alpha value is -2.26. The third-order valence-corrected chi connectivity index (χ3v) is 2.98. The number of amides is 1. The molecule has 0 aliphatic rings. The highest BCUT2D eigenvalue weighted by atomic mass is 35.5. The predicted octanol–water partition coefficient (Wildman–Crippen LogP) is 1.96. The predicted molar refractivity (Wildman–Crippen MR) is 75.9 cm³/mol. The van der Waals surface area contributed by atoms with Crippen LogP contribution in [0.4, 0.5) is 0 Å². The van der Waals surface area contributed by atoms with Gasteiger partial charge in [0.1, 0.15) is 11.3 Å². The molecule has 0 radical (unpaired) electrons. The Morgan fingerprint density at radius 1 is 1.52 bits per heavy atom. The topological polar surface area (TPSA) is 90.6 Å². The van der Waals surface area contributed by atoms with Gasteiger partial charge in [0, 0.05) is 18.6 Å². The zero-order valence-corrected chi connectivity index (χ0v) is 12.4. The van der Waals surface area contributed by atoms with E-state index in [0.717, 1.165) is 0 Å². The van der Waals surface area contributed by atoms with Gasteiger partial charge in [-0.15, -0.1) is 0 Å². The van der Waals surface area contributed by atoms with Crippen LogP contribution in [-0.2, 0) is 9.53 Å². The molecule has 0 aromatic heterocycles. The van der Waals surface area contributed by atoms with E-state index < -0.39 is 18.0 Å². The number of aromatic hydroxyl groups is 1. The molecule has 6 nitrogen and oxygen atoms in total. The molecule has 1 atom stereocenters. The summed E-state index contributed by atoms with van der Waals surface area (Å²) in [7, 11) is 1.52. The maximum atomic E-state index is 11.9. The van der Waals surface area contributed by atoms with Crippen molar-refractivity contribution in [3.63, 3.8) is 0 Å². The molecule has 1 aromatic rings. The molecule has 1 rings (SSSR count). The first-order valence-corrected chi connectivity index (χ1v) is 6.56. The van der Waals surface area contributed by atoms with Gasteiger partial charge in [-0.1, -0.05) is 11.6 Å². The minimum atomic E-state index is -1.02. The number of nitrogens with zero attached hydrogens (tertiary/aromatic N) is 2. The van der Waals surface area contributed by atoms with Gasteiger partial charge in [-0.25, -0.2) is 4.79 Å². The van der Waals surface area contributed by atoms with E-state index in [2.05, 4.69) is 0 Å². The number of ether oxygens (including phenoxy) is 1. The van der Waals surface area contributed by atoms with Crippen molar-refractivity contribution in [2.45, 2.75) is 19.4 Å². The van der Waals surface area contributed by atoms with Crippen molar-refractivity contribution in [2.75, 3.05) is 13.6 Å². The quantitative estimate of drug-likeness (QED) is 0.840. The highest BCUT2D eigenvalue weighted by Gasteiger charge is 2.23. The van der Waals surface area contributed by atoms with Gasteiger partial charge in [0.2, 0.25) is 0 Å². The van der Waals surface area contributed by atoms with E-state index in [1.54, 1.807) is 0 Å². The normalized spacial score (nSPS) is 11.3. The molecule has 0 heterocycles. The zero-order valence-electron chi connectivity index (χ0n) is 11.7. The summed E-state index contributed by atoms with van der Waals surface area (Å²) in [5, 5.41) is 18.4. The van der Waals surface area contributed by atoms with Crippen LogP contribution >= 0.6 is 11.6 Å². The molecule has 0 unspecified atom stereocenters. The summed E-state index contributed by atoms with van der Waals surface area (Å²) in [6.45, 7) is 1.68. The van der Waals surface area contributed by atoms with Crippen LogP contribution < -0.4 is 0 Å². The third kappa shape index (κ3) is 4.65. The molecule has 1 aromatic carbocycles. The van der Waals surface area contributed by atoms with Crippen molar-refractivity contribution in [1.82, 2.24) is 4.90 Å². The highest BCUT2D eigenvalue weighted by molar-refractivity contribution is 6.30. The second kappa shape index (κ2) is 7.50. The Kier molecular flexibility index (Phi) is 6.00. The number of nitriles is 1. The summed E-state index contributed by atoms with van der Waals surface area (Å²) in [6, 6.07) is 5.89. The maximum Gasteiger partial charge on any atom is 0.342 e. The van der Waals surface area contributed by atoms with Crippen molar-refractivity contribution in [3.8, 4) is 11.8 Å². The second-order valence-corrected chi connectivity index (χ2v) is 4.81. The van der Waals surface area contributed by atoms with Gasteiger partial charge in [0.05, 0.1) is 12.5 Å². The van der Waals surface area contributed by atoms with E-state index in [1.807, 2.05) is 6.07 Å². The summed E-state index contributed by atoms with van der Waals surface area (Å²) in [5.41, 5.74) is -0.0706. The third-order valence-electron chi connectivity index (χ3n) is 2.75. The number of phenols is 1. The number of phenolic OH excluding ortho intramolecular Hbond substituents is 1. The van der Waals surface area contributed by atoms with Crippen molar-refractivity contribution < 1.29 is 19.4 Å². The van der Waals surface area contributed by atoms with Crippen molar-refractivity contribution in [1.29, 1.82) is 5.26 Å². The standard InChI is InChI=1S/C14H15ClN2O4/c1-9(13(19)17(2)7-3-6-16)21-14(20)11-5-4-10(15)8-12(11)18/h4-5,8-9,18H,3,7H2,1-2H3/t9-/m1/s1. The summed E-state index contributed by atoms with van der Waals surface area (Å²) >= 11 is 5.67. The molecule has 1 amide bonds. The average Bonchev–Trinajstić information content (AvgIpc) is 2.43. The fourth-order valence-corrected chi connectivity index (χ4v) is 1.76. The first-order chi connectivity index (χ1) is 9.86. The van der Waals surface area contributed by atoms with Crippen LogP contribution in [0.5, 0.6) is 5.75 Å². The Morgan fingerprint density at radius 2 is 2.19 bits per heavy atom. The molecule has 0 saturated carbocycles. The van der Waals surface area contributed by atoms with Gasteiger partial charge in [0.15, 0.2) is 6.10 Å². The second-order valence-electron chi connectivity index (χ2n) is 4.38. The van der Waals surface area contributed by atoms with Gasteiger partial charge >= 0.3 is 5.97 Å². The Balaban J connectivity index is 2.69. The van der Waals surface area contributed by atoms with E-state index in [4.69, 9.17) is 21.6 Å². The van der Waals surface area contributed by atoms with E-state index >= 15 is 0 Å². The molecule has 21 heavy (non-hydrogen) atoms. The lowest BCUT2D eigenvalue weighted by Crippen LogP contribution is -2.37. The smallest absolute Gasteiger partial charge is 0.342 e. The van der Waals surface area contributed by atoms with Crippen LogP contribution in [0.25, 0.3) is 0 Å². The largest absolute Gasteiger partial charge is 0.507 e. The van der Waals surface area contributed by atoms with E-state index in [1.165, 1.54) is 37.1 Å². The first-order valence-electron chi connectivity index (χ1n) is 6.18. The van der Waals surface area contributed by atoms with Crippen molar-refractivity contribution in [3.05, 3.63) is 28.8 Å². The summed E-state index contributed by atoms with van der Waals surface area (Å²) in [6.07, 6.45) is -0.822. The molecular formula is C14H15ClN2O4. The molecule has 0 bridgehead atoms. The van der Waals surface area contributed by atoms with Crippen molar-refractivity contribution >= 4 is 23.5 Å². The van der Waals surface area contributed by atoms with Gasteiger partial charge in [-0.05, 0) is 25.1 Å². The number of likely N-dealkylation sites (N-methyl/N-ethyl adjacent to an activating group) is 1. The first kappa shape index (κ1) is 16.8. The van der Waals surface area contributed by atoms with E-state index in [0.29, 0.717) is 0 Å². The number of carbonyl (C=O) groups excluding carboxylic acids is 2. The molecule has 112 valence electrons.